The monoisotopic (exact) mass is 398 g/mol. The van der Waals surface area contributed by atoms with Crippen LogP contribution in [0.25, 0.3) is 0 Å². The van der Waals surface area contributed by atoms with Crippen LogP contribution in [-0.4, -0.2) is 27.3 Å². The Kier molecular flexibility index (Phi) is 5.33. The lowest BCUT2D eigenvalue weighted by atomic mass is 10.1. The zero-order valence-corrected chi connectivity index (χ0v) is 17.1. The fourth-order valence-corrected chi connectivity index (χ4v) is 5.19. The molecule has 1 aliphatic heterocycles. The Morgan fingerprint density at radius 1 is 1.22 bits per heavy atom. The first kappa shape index (κ1) is 18.3. The minimum absolute atomic E-state index is 0.100. The van der Waals surface area contributed by atoms with Crippen LogP contribution in [0, 0.1) is 6.92 Å². The first-order chi connectivity index (χ1) is 13.1. The van der Waals surface area contributed by atoms with Crippen molar-refractivity contribution in [3.63, 3.8) is 0 Å². The van der Waals surface area contributed by atoms with Gasteiger partial charge in [0.25, 0.3) is 5.91 Å². The number of carbonyl (C=O) groups excluding carboxylic acids is 1. The molecule has 5 nitrogen and oxygen atoms in total. The maximum Gasteiger partial charge on any atom is 0.269 e. The molecule has 0 fully saturated rings. The molecule has 3 heterocycles. The predicted octanol–water partition coefficient (Wildman–Crippen LogP) is 4.28. The number of amides is 1. The van der Waals surface area contributed by atoms with Gasteiger partial charge in [-0.05, 0) is 18.9 Å². The summed E-state index contributed by atoms with van der Waals surface area (Å²) in [7, 11) is 0. The summed E-state index contributed by atoms with van der Waals surface area (Å²) in [5.41, 5.74) is 3.24. The number of anilines is 1. The molecule has 0 saturated carbocycles. The minimum atomic E-state index is -0.100. The van der Waals surface area contributed by atoms with E-state index in [1.54, 1.807) is 11.3 Å². The molecule has 0 unspecified atom stereocenters. The van der Waals surface area contributed by atoms with Crippen LogP contribution in [0.5, 0.6) is 0 Å². The van der Waals surface area contributed by atoms with E-state index in [4.69, 9.17) is 0 Å². The van der Waals surface area contributed by atoms with E-state index in [0.717, 1.165) is 48.9 Å². The third-order valence-electron chi connectivity index (χ3n) is 4.63. The number of rotatable bonds is 5. The number of aryl methyl sites for hydroxylation is 2. The van der Waals surface area contributed by atoms with E-state index in [0.29, 0.717) is 10.0 Å². The number of hydrogen-bond acceptors (Lipinski definition) is 6. The van der Waals surface area contributed by atoms with Gasteiger partial charge in [0.1, 0.15) is 4.88 Å². The van der Waals surface area contributed by atoms with Crippen LogP contribution in [0.2, 0.25) is 0 Å². The largest absolute Gasteiger partial charge is 0.297 e. The summed E-state index contributed by atoms with van der Waals surface area (Å²) in [4.78, 5) is 26.1. The summed E-state index contributed by atoms with van der Waals surface area (Å²) in [6, 6.07) is 10.5. The van der Waals surface area contributed by atoms with Gasteiger partial charge in [-0.15, -0.1) is 22.7 Å². The molecule has 1 N–H and O–H groups in total. The molecule has 27 heavy (non-hydrogen) atoms. The molecule has 0 atom stereocenters. The van der Waals surface area contributed by atoms with Gasteiger partial charge in [0, 0.05) is 30.9 Å². The molecule has 0 aliphatic carbocycles. The molecule has 0 spiro atoms. The maximum absolute atomic E-state index is 12.6. The second kappa shape index (κ2) is 7.88. The number of nitrogens with zero attached hydrogens (tertiary/aromatic N) is 3. The van der Waals surface area contributed by atoms with Crippen LogP contribution >= 0.6 is 22.7 Å². The lowest BCUT2D eigenvalue weighted by Crippen LogP contribution is -2.29. The molecule has 1 aliphatic rings. The summed E-state index contributed by atoms with van der Waals surface area (Å²) < 4.78 is 0. The summed E-state index contributed by atoms with van der Waals surface area (Å²) >= 11 is 3.06. The Morgan fingerprint density at radius 3 is 2.78 bits per heavy atom. The lowest BCUT2D eigenvalue weighted by molar-refractivity contribution is 0.103. The first-order valence-electron chi connectivity index (χ1n) is 9.15. The topological polar surface area (TPSA) is 58.1 Å². The van der Waals surface area contributed by atoms with E-state index in [1.165, 1.54) is 21.8 Å². The highest BCUT2D eigenvalue weighted by Crippen LogP contribution is 2.30. The quantitative estimate of drug-likeness (QED) is 0.697. The molecule has 0 bridgehead atoms. The molecule has 0 radical (unpaired) electrons. The Balaban J connectivity index is 1.43. The van der Waals surface area contributed by atoms with E-state index in [2.05, 4.69) is 51.4 Å². The number of fused-ring (bicyclic) bond motifs is 1. The number of hydrogen-bond donors (Lipinski definition) is 1. The maximum atomic E-state index is 12.6. The van der Waals surface area contributed by atoms with Crippen molar-refractivity contribution >= 4 is 33.7 Å². The molecule has 1 aromatic carbocycles. The van der Waals surface area contributed by atoms with Crippen molar-refractivity contribution in [1.29, 1.82) is 0 Å². The Bertz CT molecular complexity index is 948. The van der Waals surface area contributed by atoms with E-state index in [-0.39, 0.29) is 5.91 Å². The summed E-state index contributed by atoms with van der Waals surface area (Å²) in [6.45, 7) is 6.76. The Hall–Kier alpha value is -2.09. The SMILES string of the molecule is CCc1nc(C)c(C(=O)Nc2nc3c(s2)CN(Cc2ccccc2)CC3)s1. The Labute approximate surface area is 167 Å². The van der Waals surface area contributed by atoms with Crippen molar-refractivity contribution in [3.05, 3.63) is 62.0 Å². The van der Waals surface area contributed by atoms with Gasteiger partial charge in [0.2, 0.25) is 0 Å². The number of nitrogens with one attached hydrogen (secondary N) is 1. The third-order valence-corrected chi connectivity index (χ3v) is 6.93. The molecular formula is C20H22N4OS2. The average Bonchev–Trinajstić information content (AvgIpc) is 3.24. The predicted molar refractivity (Wildman–Crippen MR) is 111 cm³/mol. The standard InChI is InChI=1S/C20H22N4OS2/c1-3-17-21-13(2)18(27-17)19(25)23-20-22-15-9-10-24(12-16(15)26-20)11-14-7-5-4-6-8-14/h4-8H,3,9-12H2,1-2H3,(H,22,23,25). The van der Waals surface area contributed by atoms with E-state index in [1.807, 2.05) is 13.0 Å². The molecule has 1 amide bonds. The molecule has 4 rings (SSSR count). The summed E-state index contributed by atoms with van der Waals surface area (Å²) in [5, 5.41) is 4.66. The van der Waals surface area contributed by atoms with Gasteiger partial charge in [-0.25, -0.2) is 9.97 Å². The normalized spacial score (nSPS) is 14.1. The van der Waals surface area contributed by atoms with Gasteiger partial charge in [0.05, 0.1) is 16.4 Å². The van der Waals surface area contributed by atoms with Crippen LogP contribution in [-0.2, 0) is 25.9 Å². The molecule has 140 valence electrons. The fourth-order valence-electron chi connectivity index (χ4n) is 3.25. The second-order valence-corrected chi connectivity index (χ2v) is 8.83. The van der Waals surface area contributed by atoms with Crippen LogP contribution in [0.4, 0.5) is 5.13 Å². The zero-order valence-electron chi connectivity index (χ0n) is 15.5. The second-order valence-electron chi connectivity index (χ2n) is 6.66. The fraction of sp³-hybridized carbons (Fsp3) is 0.350. The van der Waals surface area contributed by atoms with Crippen LogP contribution in [0.15, 0.2) is 30.3 Å². The van der Waals surface area contributed by atoms with Gasteiger partial charge < -0.3 is 0 Å². The highest BCUT2D eigenvalue weighted by atomic mass is 32.1. The first-order valence-corrected chi connectivity index (χ1v) is 10.8. The zero-order chi connectivity index (χ0) is 18.8. The van der Waals surface area contributed by atoms with Crippen molar-refractivity contribution in [2.45, 2.75) is 39.8 Å². The van der Waals surface area contributed by atoms with Gasteiger partial charge in [-0.2, -0.15) is 0 Å². The van der Waals surface area contributed by atoms with Crippen molar-refractivity contribution in [2.24, 2.45) is 0 Å². The van der Waals surface area contributed by atoms with Gasteiger partial charge in [0.15, 0.2) is 5.13 Å². The number of thiazole rings is 2. The van der Waals surface area contributed by atoms with Gasteiger partial charge in [-0.1, -0.05) is 37.3 Å². The van der Waals surface area contributed by atoms with Crippen LogP contribution in [0.3, 0.4) is 0 Å². The van der Waals surface area contributed by atoms with Gasteiger partial charge in [-0.3, -0.25) is 15.0 Å². The van der Waals surface area contributed by atoms with Crippen LogP contribution < -0.4 is 5.32 Å². The van der Waals surface area contributed by atoms with Crippen molar-refractivity contribution in [2.75, 3.05) is 11.9 Å². The lowest BCUT2D eigenvalue weighted by Gasteiger charge is -2.25. The molecule has 2 aromatic heterocycles. The minimum Gasteiger partial charge on any atom is -0.297 e. The Morgan fingerprint density at radius 2 is 2.04 bits per heavy atom. The molecular weight excluding hydrogens is 376 g/mol. The number of carbonyl (C=O) groups is 1. The average molecular weight is 399 g/mol. The number of aromatic nitrogens is 2. The van der Waals surface area contributed by atoms with Crippen molar-refractivity contribution in [3.8, 4) is 0 Å². The molecule has 7 heteroatoms. The highest BCUT2D eigenvalue weighted by molar-refractivity contribution is 7.16. The van der Waals surface area contributed by atoms with Crippen molar-refractivity contribution in [1.82, 2.24) is 14.9 Å². The van der Waals surface area contributed by atoms with E-state index in [9.17, 15) is 4.79 Å². The smallest absolute Gasteiger partial charge is 0.269 e. The van der Waals surface area contributed by atoms with E-state index < -0.39 is 0 Å². The third kappa shape index (κ3) is 4.10. The number of benzene rings is 1. The van der Waals surface area contributed by atoms with Gasteiger partial charge >= 0.3 is 0 Å². The molecule has 0 saturated heterocycles. The summed E-state index contributed by atoms with van der Waals surface area (Å²) in [5.74, 6) is -0.100. The van der Waals surface area contributed by atoms with E-state index >= 15 is 0 Å². The van der Waals surface area contributed by atoms with Crippen molar-refractivity contribution < 1.29 is 4.79 Å². The summed E-state index contributed by atoms with van der Waals surface area (Å²) in [6.07, 6.45) is 1.77. The van der Waals surface area contributed by atoms with Crippen LogP contribution in [0.1, 0.15) is 43.4 Å². The highest BCUT2D eigenvalue weighted by Gasteiger charge is 2.22. The molecule has 3 aromatic rings.